The van der Waals surface area contributed by atoms with Crippen LogP contribution in [0.3, 0.4) is 0 Å². The van der Waals surface area contributed by atoms with E-state index < -0.39 is 5.97 Å². The molecular weight excluding hydrogens is 436 g/mol. The highest BCUT2D eigenvalue weighted by atomic mass is 32.2. The molecule has 0 aliphatic heterocycles. The number of nitrogens with one attached hydrogen (secondary N) is 1. The number of nitrogens with zero attached hydrogens (tertiary/aromatic N) is 3. The molecule has 31 heavy (non-hydrogen) atoms. The van der Waals surface area contributed by atoms with Gasteiger partial charge in [-0.1, -0.05) is 30.0 Å². The number of rotatable bonds is 9. The number of benzene rings is 1. The molecule has 10 heteroatoms. The lowest BCUT2D eigenvalue weighted by Gasteiger charge is -2.10. The molecule has 0 atom stereocenters. The molecule has 1 amide bonds. The number of esters is 1. The molecule has 3 aromatic rings. The van der Waals surface area contributed by atoms with Gasteiger partial charge in [0.25, 0.3) is 0 Å². The van der Waals surface area contributed by atoms with Crippen LogP contribution in [0.25, 0.3) is 0 Å². The zero-order valence-corrected chi connectivity index (χ0v) is 19.4. The van der Waals surface area contributed by atoms with Gasteiger partial charge in [-0.2, -0.15) is 0 Å². The third-order valence-corrected chi connectivity index (χ3v) is 6.34. The molecule has 0 fully saturated rings. The molecule has 0 spiro atoms. The normalized spacial score (nSPS) is 10.7. The number of ether oxygens (including phenoxy) is 2. The molecule has 164 valence electrons. The van der Waals surface area contributed by atoms with Gasteiger partial charge in [-0.3, -0.25) is 4.79 Å². The van der Waals surface area contributed by atoms with Crippen molar-refractivity contribution in [2.24, 2.45) is 0 Å². The maximum atomic E-state index is 12.5. The number of hydrogen-bond donors (Lipinski definition) is 1. The summed E-state index contributed by atoms with van der Waals surface area (Å²) in [5.74, 6) is 0.913. The smallest absolute Gasteiger partial charge is 0.340 e. The lowest BCUT2D eigenvalue weighted by atomic mass is 10.2. The van der Waals surface area contributed by atoms with Gasteiger partial charge < -0.3 is 19.4 Å². The quantitative estimate of drug-likeness (QED) is 0.380. The Hall–Kier alpha value is -2.85. The molecule has 0 saturated carbocycles. The van der Waals surface area contributed by atoms with Crippen molar-refractivity contribution in [3.05, 3.63) is 52.2 Å². The Balaban J connectivity index is 1.61. The number of thiophene rings is 1. The van der Waals surface area contributed by atoms with Crippen LogP contribution in [0.4, 0.5) is 5.00 Å². The second kappa shape index (κ2) is 10.5. The maximum absolute atomic E-state index is 12.5. The van der Waals surface area contributed by atoms with Crippen molar-refractivity contribution in [1.82, 2.24) is 14.8 Å². The maximum Gasteiger partial charge on any atom is 0.340 e. The average Bonchev–Trinajstić information content (AvgIpc) is 3.33. The second-order valence-corrected chi connectivity index (χ2v) is 8.82. The molecule has 0 radical (unpaired) electrons. The second-order valence-electron chi connectivity index (χ2n) is 6.63. The average molecular weight is 461 g/mol. The van der Waals surface area contributed by atoms with E-state index >= 15 is 0 Å². The van der Waals surface area contributed by atoms with Crippen LogP contribution in [0.1, 0.15) is 33.5 Å². The largest absolute Gasteiger partial charge is 0.485 e. The van der Waals surface area contributed by atoms with E-state index in [-0.39, 0.29) is 18.3 Å². The number of carbonyl (C=O) groups excluding carboxylic acids is 2. The van der Waals surface area contributed by atoms with Crippen molar-refractivity contribution in [3.8, 4) is 5.75 Å². The van der Waals surface area contributed by atoms with Crippen LogP contribution in [-0.4, -0.2) is 39.5 Å². The van der Waals surface area contributed by atoms with Gasteiger partial charge in [0, 0.05) is 11.4 Å². The highest BCUT2D eigenvalue weighted by Gasteiger charge is 2.19. The summed E-state index contributed by atoms with van der Waals surface area (Å²) >= 11 is 2.62. The SMILES string of the molecule is CCn1c(COc2ccccc2C)nnc1SCC(=O)Nc1sc(C)cc1C(=O)OC. The third kappa shape index (κ3) is 5.65. The summed E-state index contributed by atoms with van der Waals surface area (Å²) in [6.45, 7) is 6.78. The van der Waals surface area contributed by atoms with Crippen LogP contribution >= 0.6 is 23.1 Å². The Bertz CT molecular complexity index is 1080. The van der Waals surface area contributed by atoms with Crippen molar-refractivity contribution in [3.63, 3.8) is 0 Å². The van der Waals surface area contributed by atoms with Crippen molar-refractivity contribution in [2.45, 2.75) is 39.1 Å². The minimum Gasteiger partial charge on any atom is -0.485 e. The van der Waals surface area contributed by atoms with Gasteiger partial charge in [-0.25, -0.2) is 4.79 Å². The van der Waals surface area contributed by atoms with Gasteiger partial charge in [0.15, 0.2) is 11.0 Å². The van der Waals surface area contributed by atoms with Crippen LogP contribution in [0.2, 0.25) is 0 Å². The summed E-state index contributed by atoms with van der Waals surface area (Å²) in [4.78, 5) is 25.2. The summed E-state index contributed by atoms with van der Waals surface area (Å²) in [6.07, 6.45) is 0. The molecule has 0 aliphatic rings. The molecule has 0 bridgehead atoms. The third-order valence-electron chi connectivity index (χ3n) is 4.41. The molecule has 8 nitrogen and oxygen atoms in total. The number of para-hydroxylation sites is 1. The highest BCUT2D eigenvalue weighted by molar-refractivity contribution is 7.99. The van der Waals surface area contributed by atoms with Gasteiger partial charge >= 0.3 is 5.97 Å². The fraction of sp³-hybridized carbons (Fsp3) is 0.333. The number of anilines is 1. The van der Waals surface area contributed by atoms with Crippen LogP contribution in [0, 0.1) is 13.8 Å². The van der Waals surface area contributed by atoms with E-state index in [0.717, 1.165) is 16.2 Å². The lowest BCUT2D eigenvalue weighted by molar-refractivity contribution is -0.113. The zero-order chi connectivity index (χ0) is 22.4. The van der Waals surface area contributed by atoms with Crippen LogP contribution in [0.15, 0.2) is 35.5 Å². The number of aromatic nitrogens is 3. The molecule has 1 N–H and O–H groups in total. The van der Waals surface area contributed by atoms with Gasteiger partial charge in [0.2, 0.25) is 5.91 Å². The summed E-state index contributed by atoms with van der Waals surface area (Å²) in [6, 6.07) is 9.49. The van der Waals surface area contributed by atoms with Gasteiger partial charge in [0.1, 0.15) is 17.4 Å². The van der Waals surface area contributed by atoms with E-state index in [1.165, 1.54) is 30.2 Å². The van der Waals surface area contributed by atoms with E-state index in [4.69, 9.17) is 9.47 Å². The number of amides is 1. The lowest BCUT2D eigenvalue weighted by Crippen LogP contribution is -2.16. The van der Waals surface area contributed by atoms with E-state index in [9.17, 15) is 9.59 Å². The first kappa shape index (κ1) is 22.8. The van der Waals surface area contributed by atoms with Crippen LogP contribution in [0.5, 0.6) is 5.75 Å². The summed E-state index contributed by atoms with van der Waals surface area (Å²) in [7, 11) is 1.31. The molecule has 0 saturated heterocycles. The highest BCUT2D eigenvalue weighted by Crippen LogP contribution is 2.29. The molecule has 2 heterocycles. The number of hydrogen-bond acceptors (Lipinski definition) is 8. The predicted molar refractivity (Wildman–Crippen MR) is 121 cm³/mol. The number of thioether (sulfide) groups is 1. The monoisotopic (exact) mass is 460 g/mol. The summed E-state index contributed by atoms with van der Waals surface area (Å²) < 4.78 is 12.6. The van der Waals surface area contributed by atoms with Crippen LogP contribution in [-0.2, 0) is 22.7 Å². The van der Waals surface area contributed by atoms with Crippen molar-refractivity contribution in [2.75, 3.05) is 18.2 Å². The van der Waals surface area contributed by atoms with Gasteiger partial charge in [-0.05, 0) is 38.5 Å². The first-order valence-electron chi connectivity index (χ1n) is 9.64. The van der Waals surface area contributed by atoms with E-state index in [2.05, 4.69) is 15.5 Å². The van der Waals surface area contributed by atoms with Crippen LogP contribution < -0.4 is 10.1 Å². The zero-order valence-electron chi connectivity index (χ0n) is 17.8. The first-order chi connectivity index (χ1) is 14.9. The minimum atomic E-state index is -0.476. The molecule has 1 aromatic carbocycles. The number of carbonyl (C=O) groups is 2. The number of methoxy groups -OCH3 is 1. The number of aryl methyl sites for hydroxylation is 2. The van der Waals surface area contributed by atoms with E-state index in [1.807, 2.05) is 49.6 Å². The van der Waals surface area contributed by atoms with Gasteiger partial charge in [0.05, 0.1) is 18.4 Å². The predicted octanol–water partition coefficient (Wildman–Crippen LogP) is 4.07. The molecule has 0 aliphatic carbocycles. The molecule has 2 aromatic heterocycles. The van der Waals surface area contributed by atoms with E-state index in [1.54, 1.807) is 6.07 Å². The fourth-order valence-corrected chi connectivity index (χ4v) is 4.61. The Morgan fingerprint density at radius 1 is 1.23 bits per heavy atom. The summed E-state index contributed by atoms with van der Waals surface area (Å²) in [5.41, 5.74) is 1.40. The van der Waals surface area contributed by atoms with Crippen molar-refractivity contribution >= 4 is 40.0 Å². The summed E-state index contributed by atoms with van der Waals surface area (Å²) in [5, 5.41) is 12.3. The fourth-order valence-electron chi connectivity index (χ4n) is 2.87. The van der Waals surface area contributed by atoms with Crippen molar-refractivity contribution < 1.29 is 19.1 Å². The Labute approximate surface area is 189 Å². The Kier molecular flexibility index (Phi) is 7.69. The standard InChI is InChI=1S/C21H24N4O4S2/c1-5-25-17(11-29-16-9-7-6-8-13(16)2)23-24-21(25)30-12-18(26)22-19-15(20(27)28-4)10-14(3)31-19/h6-10H,5,11-12H2,1-4H3,(H,22,26). The Morgan fingerprint density at radius 2 is 2.00 bits per heavy atom. The van der Waals surface area contributed by atoms with Gasteiger partial charge in [-0.15, -0.1) is 21.5 Å². The molecule has 3 rings (SSSR count). The topological polar surface area (TPSA) is 95.3 Å². The minimum absolute atomic E-state index is 0.133. The van der Waals surface area contributed by atoms with Crippen molar-refractivity contribution in [1.29, 1.82) is 0 Å². The molecular formula is C21H24N4O4S2. The molecule has 0 unspecified atom stereocenters. The Morgan fingerprint density at radius 3 is 2.71 bits per heavy atom. The van der Waals surface area contributed by atoms with E-state index in [0.29, 0.717) is 28.1 Å². The first-order valence-corrected chi connectivity index (χ1v) is 11.4.